The second-order valence-corrected chi connectivity index (χ2v) is 24.8. The fraction of sp³-hybridized carbons (Fsp3) is 0.233. The average molecular weight is 1160 g/mol. The third kappa shape index (κ3) is 13.6. The van der Waals surface area contributed by atoms with E-state index in [0.717, 1.165) is 70.6 Å². The summed E-state index contributed by atoms with van der Waals surface area (Å²) in [6.07, 6.45) is 10.8. The molecule has 2 fully saturated rings. The minimum absolute atomic E-state index is 0.0835. The molecule has 0 bridgehead atoms. The Morgan fingerprint density at radius 1 is 0.494 bits per heavy atom. The number of amides is 2. The summed E-state index contributed by atoms with van der Waals surface area (Å²) in [4.78, 5) is 50.4. The number of aromatic nitrogens is 4. The maximum absolute atomic E-state index is 14.5. The highest BCUT2D eigenvalue weighted by atomic mass is 79.9. The van der Waals surface area contributed by atoms with Crippen LogP contribution in [0, 0.1) is 13.8 Å². The summed E-state index contributed by atoms with van der Waals surface area (Å²) >= 11 is 3.21. The highest BCUT2D eigenvalue weighted by Gasteiger charge is 2.43. The van der Waals surface area contributed by atoms with Gasteiger partial charge in [0, 0.05) is 36.9 Å². The van der Waals surface area contributed by atoms with Crippen LogP contribution in [0.5, 0.6) is 0 Å². The third-order valence-electron chi connectivity index (χ3n) is 13.3. The number of benzene rings is 4. The van der Waals surface area contributed by atoms with Gasteiger partial charge in [-0.25, -0.2) is 19.9 Å². The lowest BCUT2D eigenvalue weighted by molar-refractivity contribution is 0.0985. The molecule has 4 aromatic heterocycles. The normalized spacial score (nSPS) is 14.6. The Hall–Kier alpha value is -7.20. The highest BCUT2D eigenvalue weighted by Crippen LogP contribution is 2.55. The van der Waals surface area contributed by atoms with Crippen LogP contribution in [0.3, 0.4) is 0 Å². The molecular formula is C60H59BrN8O8P2. The summed E-state index contributed by atoms with van der Waals surface area (Å²) in [7, 11) is -6.97. The van der Waals surface area contributed by atoms with Crippen molar-refractivity contribution in [1.29, 1.82) is 0 Å². The van der Waals surface area contributed by atoms with E-state index < -0.39 is 15.2 Å². The summed E-state index contributed by atoms with van der Waals surface area (Å²) < 4.78 is 49.9. The predicted octanol–water partition coefficient (Wildman–Crippen LogP) is 14.2. The van der Waals surface area contributed by atoms with Crippen LogP contribution in [0.15, 0.2) is 183 Å². The van der Waals surface area contributed by atoms with Crippen molar-refractivity contribution in [2.45, 2.75) is 78.0 Å². The number of carbonyl (C=O) groups excluding carboxylic acids is 2. The number of alkyl halides is 1. The second-order valence-electron chi connectivity index (χ2n) is 19.3. The van der Waals surface area contributed by atoms with Crippen LogP contribution in [-0.2, 0) is 53.7 Å². The van der Waals surface area contributed by atoms with Gasteiger partial charge in [-0.15, -0.1) is 0 Å². The van der Waals surface area contributed by atoms with Gasteiger partial charge < -0.3 is 33.2 Å². The first kappa shape index (κ1) is 55.1. The average Bonchev–Trinajstić information content (AvgIpc) is 4.63. The number of fused-ring (bicyclic) bond motifs is 4. The molecule has 2 aliphatic heterocycles. The van der Waals surface area contributed by atoms with Crippen molar-refractivity contribution in [3.05, 3.63) is 227 Å². The number of nitrogens with zero attached hydrogens (tertiary/aromatic N) is 7. The molecule has 1 N–H and O–H groups in total. The smallest absolute Gasteiger partial charge is 0.318 e. The monoisotopic (exact) mass is 1160 g/mol. The van der Waals surface area contributed by atoms with Gasteiger partial charge >= 0.3 is 15.2 Å². The van der Waals surface area contributed by atoms with Gasteiger partial charge in [-0.05, 0) is 109 Å². The van der Waals surface area contributed by atoms with E-state index >= 15 is 0 Å². The molecule has 2 amide bonds. The zero-order chi connectivity index (χ0) is 54.8. The molecule has 19 heteroatoms. The zero-order valence-corrected chi connectivity index (χ0v) is 47.1. The van der Waals surface area contributed by atoms with E-state index in [1.54, 1.807) is 43.0 Å². The van der Waals surface area contributed by atoms with Gasteiger partial charge in [-0.1, -0.05) is 137 Å². The lowest BCUT2D eigenvalue weighted by Crippen LogP contribution is -2.33. The second kappa shape index (κ2) is 25.3. The number of rotatable bonds is 17. The topological polar surface area (TPSA) is 179 Å². The van der Waals surface area contributed by atoms with E-state index in [2.05, 4.69) is 46.0 Å². The largest absolute Gasteiger partial charge is 0.350 e. The molecule has 2 aliphatic carbocycles. The molecule has 4 aromatic carbocycles. The molecular weight excluding hydrogens is 1100 g/mol. The fourth-order valence-corrected chi connectivity index (χ4v) is 12.3. The number of pyridine rings is 4. The molecule has 0 spiro atoms. The van der Waals surface area contributed by atoms with Crippen LogP contribution in [0.2, 0.25) is 0 Å². The Balaban J connectivity index is 0.000000148. The van der Waals surface area contributed by atoms with Crippen molar-refractivity contribution in [3.8, 4) is 0 Å². The first-order valence-electron chi connectivity index (χ1n) is 26.0. The molecule has 4 aliphatic rings. The number of carbonyl (C=O) groups is 2. The number of halogens is 1. The lowest BCUT2D eigenvalue weighted by Gasteiger charge is -2.29. The highest BCUT2D eigenvalue weighted by molar-refractivity contribution is 9.10. The predicted molar refractivity (Wildman–Crippen MR) is 310 cm³/mol. The maximum Gasteiger partial charge on any atom is 0.350 e. The third-order valence-corrected chi connectivity index (χ3v) is 18.2. The van der Waals surface area contributed by atoms with Crippen LogP contribution in [0.4, 0.5) is 34.6 Å². The van der Waals surface area contributed by atoms with Crippen molar-refractivity contribution in [2.24, 2.45) is 0 Å². The number of hydrogen-bond donors (Lipinski definition) is 1. The van der Waals surface area contributed by atoms with E-state index in [-0.39, 0.29) is 55.6 Å². The van der Waals surface area contributed by atoms with Crippen molar-refractivity contribution in [2.75, 3.05) is 31.4 Å². The maximum atomic E-state index is 14.5. The van der Waals surface area contributed by atoms with Gasteiger partial charge in [0.1, 0.15) is 23.0 Å². The molecule has 8 aromatic rings. The SMILES string of the molecule is Cc1ccnc2c1N(CP(=O)(OCc1ccccc1)OCc1ccccc1)C(=O)c1cccnc1N2C1CC1.Cc1ccnc2c1NC(=O)c1cccnc1N2C1CC1.O=P(CBr)(OCc1ccccc1)OCc1ccccc1. The van der Waals surface area contributed by atoms with E-state index in [1.165, 1.54) is 4.90 Å². The van der Waals surface area contributed by atoms with Crippen LogP contribution in [0.25, 0.3) is 0 Å². The number of anilines is 6. The summed E-state index contributed by atoms with van der Waals surface area (Å²) in [6.45, 7) is 4.63. The van der Waals surface area contributed by atoms with Crippen LogP contribution >= 0.6 is 31.1 Å². The van der Waals surface area contributed by atoms with Gasteiger partial charge in [-0.2, -0.15) is 0 Å². The van der Waals surface area contributed by atoms with E-state index in [4.69, 9.17) is 23.1 Å². The molecule has 12 rings (SSSR count). The quantitative estimate of drug-likeness (QED) is 0.0672. The number of nitrogens with one attached hydrogen (secondary N) is 1. The van der Waals surface area contributed by atoms with Crippen molar-refractivity contribution >= 4 is 77.6 Å². The Morgan fingerprint density at radius 2 is 0.899 bits per heavy atom. The standard InChI is InChI=1S/C30H29N4O4P.C15H16BrO3P.C15H14N4O/c1-22-16-18-32-29-27(22)33(30(35)26-13-8-17-31-28(26)34(29)25-14-15-25)21-39(36,37-19-23-9-4-2-5-10-23)38-20-24-11-6-3-7-12-24;16-13-20(17,18-11-14-7-3-1-4-8-14)19-12-15-9-5-2-6-10-15;1-9-6-8-17-14-12(9)18-15(20)11-3-2-7-16-13(11)19(14)10-4-5-10/h2-13,16-18,25H,14-15,19-21H2,1H3;1-10H,11-13H2;2-3,6-8,10H,4-5H2,1H3,(H,18,20). The number of hydrogen-bond acceptors (Lipinski definition) is 14. The zero-order valence-electron chi connectivity index (χ0n) is 43.7. The summed E-state index contributed by atoms with van der Waals surface area (Å²) in [5.74, 6) is 2.28. The van der Waals surface area contributed by atoms with Gasteiger partial charge in [0.15, 0.2) is 11.6 Å². The molecule has 0 saturated heterocycles. The molecule has 404 valence electrons. The summed E-state index contributed by atoms with van der Waals surface area (Å²) in [5.41, 5.74) is 7.94. The van der Waals surface area contributed by atoms with Crippen LogP contribution in [0.1, 0.15) is 79.8 Å². The van der Waals surface area contributed by atoms with Gasteiger partial charge in [0.2, 0.25) is 0 Å². The van der Waals surface area contributed by atoms with Crippen molar-refractivity contribution in [3.63, 3.8) is 0 Å². The molecule has 6 heterocycles. The minimum Gasteiger partial charge on any atom is -0.318 e. The van der Waals surface area contributed by atoms with Gasteiger partial charge in [0.05, 0.1) is 48.9 Å². The minimum atomic E-state index is -3.85. The molecule has 0 atom stereocenters. The molecule has 0 radical (unpaired) electrons. The van der Waals surface area contributed by atoms with E-state index in [9.17, 15) is 18.7 Å². The van der Waals surface area contributed by atoms with Gasteiger partial charge in [-0.3, -0.25) is 23.6 Å². The molecule has 0 unspecified atom stereocenters. The van der Waals surface area contributed by atoms with E-state index in [1.807, 2.05) is 153 Å². The van der Waals surface area contributed by atoms with Gasteiger partial charge in [0.25, 0.3) is 11.8 Å². The van der Waals surface area contributed by atoms with E-state index in [0.29, 0.717) is 40.3 Å². The molecule has 79 heavy (non-hydrogen) atoms. The van der Waals surface area contributed by atoms with Crippen LogP contribution < -0.4 is 20.0 Å². The summed E-state index contributed by atoms with van der Waals surface area (Å²) in [6, 6.07) is 49.7. The molecule has 2 saturated carbocycles. The molecule has 16 nitrogen and oxygen atoms in total. The summed E-state index contributed by atoms with van der Waals surface area (Å²) in [5, 5.41) is 3.16. The Morgan fingerprint density at radius 3 is 1.37 bits per heavy atom. The number of aryl methyl sites for hydroxylation is 2. The first-order valence-corrected chi connectivity index (χ1v) is 30.6. The first-order chi connectivity index (χ1) is 38.5. The van der Waals surface area contributed by atoms with Crippen molar-refractivity contribution in [1.82, 2.24) is 19.9 Å². The Bertz CT molecular complexity index is 3400. The Kier molecular flexibility index (Phi) is 17.6. The van der Waals surface area contributed by atoms with Crippen LogP contribution in [-0.4, -0.2) is 55.2 Å². The van der Waals surface area contributed by atoms with Crippen molar-refractivity contribution < 1.29 is 36.8 Å². The lowest BCUT2D eigenvalue weighted by atomic mass is 10.2. The fourth-order valence-electron chi connectivity index (χ4n) is 8.96. The Labute approximate surface area is 468 Å².